The van der Waals surface area contributed by atoms with Crippen LogP contribution < -0.4 is 15.4 Å². The third-order valence-electron chi connectivity index (χ3n) is 3.94. The molecule has 2 aromatic carbocycles. The third kappa shape index (κ3) is 8.18. The van der Waals surface area contributed by atoms with Gasteiger partial charge in [-0.3, -0.25) is 9.20 Å². The van der Waals surface area contributed by atoms with Crippen molar-refractivity contribution in [2.45, 2.75) is 31.7 Å². The van der Waals surface area contributed by atoms with E-state index in [-0.39, 0.29) is 24.0 Å². The number of halogens is 1. The summed E-state index contributed by atoms with van der Waals surface area (Å²) in [6.45, 7) is 6.05. The van der Waals surface area contributed by atoms with Gasteiger partial charge in [-0.2, -0.15) is 0 Å². The molecule has 0 radical (unpaired) electrons. The molecule has 2 N–H and O–H groups in total. The predicted octanol–water partition coefficient (Wildman–Crippen LogP) is 3.87. The number of benzene rings is 2. The second-order valence-electron chi connectivity index (χ2n) is 6.17. The Labute approximate surface area is 187 Å². The molecule has 1 unspecified atom stereocenters. The molecular formula is C21H30IN3O2S. The summed E-state index contributed by atoms with van der Waals surface area (Å²) < 4.78 is 18.1. The van der Waals surface area contributed by atoms with E-state index in [1.54, 1.807) is 7.05 Å². The SMILES string of the molecule is CCCOc1cc(C)ccc1CNC(=NC)NCCS(=O)c1ccccc1.I. The first-order valence-electron chi connectivity index (χ1n) is 9.24. The van der Waals surface area contributed by atoms with Crippen LogP contribution in [0.2, 0.25) is 0 Å². The number of nitrogens with zero attached hydrogens (tertiary/aromatic N) is 1. The molecule has 1 atom stereocenters. The summed E-state index contributed by atoms with van der Waals surface area (Å²) in [7, 11) is 0.712. The van der Waals surface area contributed by atoms with Crippen molar-refractivity contribution in [3.63, 3.8) is 0 Å². The molecule has 0 bridgehead atoms. The number of guanidine groups is 1. The van der Waals surface area contributed by atoms with Crippen LogP contribution in [0.15, 0.2) is 58.4 Å². The highest BCUT2D eigenvalue weighted by Gasteiger charge is 2.07. The van der Waals surface area contributed by atoms with Crippen LogP contribution in [0.3, 0.4) is 0 Å². The Bertz CT molecular complexity index is 770. The number of ether oxygens (including phenoxy) is 1. The Morgan fingerprint density at radius 2 is 1.89 bits per heavy atom. The minimum absolute atomic E-state index is 0. The standard InChI is InChI=1S/C21H29N3O2S.HI/c1-4-13-26-20-15-17(2)10-11-18(20)16-24-21(22-3)23-12-14-27(25)19-8-6-5-7-9-19;/h5-11,15H,4,12-14,16H2,1-3H3,(H2,22,23,24);1H. The van der Waals surface area contributed by atoms with Gasteiger partial charge in [0.05, 0.1) is 17.4 Å². The van der Waals surface area contributed by atoms with E-state index in [4.69, 9.17) is 4.74 Å². The molecule has 5 nitrogen and oxygen atoms in total. The monoisotopic (exact) mass is 515 g/mol. The van der Waals surface area contributed by atoms with Crippen molar-refractivity contribution in [3.05, 3.63) is 59.7 Å². The Hall–Kier alpha value is -1.61. The first-order chi connectivity index (χ1) is 13.1. The second-order valence-corrected chi connectivity index (χ2v) is 7.75. The average Bonchev–Trinajstić information content (AvgIpc) is 2.70. The number of aliphatic imine (C=N–C) groups is 1. The summed E-state index contributed by atoms with van der Waals surface area (Å²) in [5.74, 6) is 2.12. The third-order valence-corrected chi connectivity index (χ3v) is 5.31. The molecule has 2 aromatic rings. The molecule has 0 aliphatic rings. The summed E-state index contributed by atoms with van der Waals surface area (Å²) >= 11 is 0. The minimum atomic E-state index is -1.02. The number of aryl methyl sites for hydroxylation is 1. The van der Waals surface area contributed by atoms with Crippen LogP contribution in [0, 0.1) is 6.92 Å². The molecule has 0 amide bonds. The highest BCUT2D eigenvalue weighted by Crippen LogP contribution is 2.20. The van der Waals surface area contributed by atoms with Gasteiger partial charge in [-0.1, -0.05) is 37.3 Å². The molecule has 0 saturated heterocycles. The van der Waals surface area contributed by atoms with Crippen LogP contribution in [0.25, 0.3) is 0 Å². The summed E-state index contributed by atoms with van der Waals surface area (Å²) in [5.41, 5.74) is 2.26. The van der Waals surface area contributed by atoms with Gasteiger partial charge in [-0.15, -0.1) is 24.0 Å². The molecule has 0 saturated carbocycles. The fourth-order valence-electron chi connectivity index (χ4n) is 2.51. The molecule has 0 spiro atoms. The van der Waals surface area contributed by atoms with Crippen molar-refractivity contribution in [3.8, 4) is 5.75 Å². The van der Waals surface area contributed by atoms with E-state index in [9.17, 15) is 4.21 Å². The number of hydrogen-bond donors (Lipinski definition) is 2. The Morgan fingerprint density at radius 3 is 2.57 bits per heavy atom. The second kappa shape index (κ2) is 13.5. The average molecular weight is 515 g/mol. The Balaban J connectivity index is 0.00000392. The van der Waals surface area contributed by atoms with Crippen molar-refractivity contribution < 1.29 is 8.95 Å². The normalized spacial score (nSPS) is 12.0. The van der Waals surface area contributed by atoms with Crippen molar-refractivity contribution in [1.82, 2.24) is 10.6 Å². The summed E-state index contributed by atoms with van der Waals surface area (Å²) in [5, 5.41) is 6.51. The van der Waals surface area contributed by atoms with Crippen molar-refractivity contribution in [1.29, 1.82) is 0 Å². The maximum atomic E-state index is 12.3. The van der Waals surface area contributed by atoms with Crippen molar-refractivity contribution in [2.24, 2.45) is 4.99 Å². The van der Waals surface area contributed by atoms with Gasteiger partial charge in [-0.25, -0.2) is 0 Å². The number of rotatable bonds is 9. The van der Waals surface area contributed by atoms with Crippen LogP contribution in [0.1, 0.15) is 24.5 Å². The van der Waals surface area contributed by atoms with Crippen LogP contribution in [-0.4, -0.2) is 36.1 Å². The lowest BCUT2D eigenvalue weighted by atomic mass is 10.1. The van der Waals surface area contributed by atoms with Gasteiger partial charge in [0, 0.05) is 36.3 Å². The van der Waals surface area contributed by atoms with Crippen molar-refractivity contribution in [2.75, 3.05) is 26.0 Å². The van der Waals surface area contributed by atoms with Gasteiger partial charge in [0.25, 0.3) is 0 Å². The summed E-state index contributed by atoms with van der Waals surface area (Å²) in [6.07, 6.45) is 0.975. The molecule has 0 aliphatic heterocycles. The zero-order valence-corrected chi connectivity index (χ0v) is 19.9. The Kier molecular flexibility index (Phi) is 11.8. The first-order valence-corrected chi connectivity index (χ1v) is 10.6. The molecule has 28 heavy (non-hydrogen) atoms. The van der Waals surface area contributed by atoms with E-state index in [1.165, 1.54) is 5.56 Å². The van der Waals surface area contributed by atoms with Gasteiger partial charge in [-0.05, 0) is 37.1 Å². The van der Waals surface area contributed by atoms with Crippen LogP contribution >= 0.6 is 24.0 Å². The highest BCUT2D eigenvalue weighted by atomic mass is 127. The van der Waals surface area contributed by atoms with Gasteiger partial charge >= 0.3 is 0 Å². The molecule has 2 rings (SSSR count). The predicted molar refractivity (Wildman–Crippen MR) is 128 cm³/mol. The maximum Gasteiger partial charge on any atom is 0.191 e. The first kappa shape index (κ1) is 24.4. The minimum Gasteiger partial charge on any atom is -0.493 e. The molecular weight excluding hydrogens is 485 g/mol. The topological polar surface area (TPSA) is 62.7 Å². The molecule has 0 aliphatic carbocycles. The number of nitrogens with one attached hydrogen (secondary N) is 2. The fourth-order valence-corrected chi connectivity index (χ4v) is 3.49. The smallest absolute Gasteiger partial charge is 0.191 e. The maximum absolute atomic E-state index is 12.3. The highest BCUT2D eigenvalue weighted by molar-refractivity contribution is 14.0. The van der Waals surface area contributed by atoms with E-state index in [0.29, 0.717) is 31.4 Å². The van der Waals surface area contributed by atoms with E-state index >= 15 is 0 Å². The van der Waals surface area contributed by atoms with Gasteiger partial charge in [0.15, 0.2) is 5.96 Å². The molecule has 7 heteroatoms. The zero-order chi connectivity index (χ0) is 19.5. The van der Waals surface area contributed by atoms with Crippen LogP contribution in [0.5, 0.6) is 5.75 Å². The lowest BCUT2D eigenvalue weighted by Gasteiger charge is -2.15. The summed E-state index contributed by atoms with van der Waals surface area (Å²) in [4.78, 5) is 5.08. The van der Waals surface area contributed by atoms with Gasteiger partial charge in [0.2, 0.25) is 0 Å². The molecule has 0 heterocycles. The van der Waals surface area contributed by atoms with E-state index in [1.807, 2.05) is 30.3 Å². The van der Waals surface area contributed by atoms with Crippen LogP contribution in [-0.2, 0) is 17.3 Å². The van der Waals surface area contributed by atoms with E-state index in [2.05, 4.69) is 47.7 Å². The fraction of sp³-hybridized carbons (Fsp3) is 0.381. The Morgan fingerprint density at radius 1 is 1.14 bits per heavy atom. The van der Waals surface area contributed by atoms with E-state index < -0.39 is 10.8 Å². The molecule has 154 valence electrons. The summed E-state index contributed by atoms with van der Waals surface area (Å²) in [6, 6.07) is 15.7. The van der Waals surface area contributed by atoms with Gasteiger partial charge < -0.3 is 15.4 Å². The lowest BCUT2D eigenvalue weighted by molar-refractivity contribution is 0.313. The lowest BCUT2D eigenvalue weighted by Crippen LogP contribution is -2.38. The van der Waals surface area contributed by atoms with Crippen molar-refractivity contribution >= 4 is 40.7 Å². The molecule has 0 aromatic heterocycles. The van der Waals surface area contributed by atoms with Gasteiger partial charge in [0.1, 0.15) is 5.75 Å². The van der Waals surface area contributed by atoms with Crippen LogP contribution in [0.4, 0.5) is 0 Å². The molecule has 0 fully saturated rings. The quantitative estimate of drug-likeness (QED) is 0.303. The zero-order valence-electron chi connectivity index (χ0n) is 16.7. The number of hydrogen-bond acceptors (Lipinski definition) is 3. The van der Waals surface area contributed by atoms with E-state index in [0.717, 1.165) is 22.6 Å². The largest absolute Gasteiger partial charge is 0.493 e.